The van der Waals surface area contributed by atoms with Gasteiger partial charge in [0.15, 0.2) is 0 Å². The number of aromatic nitrogens is 1. The molecule has 2 rings (SSSR count). The van der Waals surface area contributed by atoms with E-state index in [1.165, 1.54) is 36.5 Å². The van der Waals surface area contributed by atoms with Gasteiger partial charge in [-0.05, 0) is 36.4 Å². The highest BCUT2D eigenvalue weighted by Gasteiger charge is 2.36. The maximum atomic E-state index is 12.4. The molecule has 0 aliphatic carbocycles. The highest BCUT2D eigenvalue weighted by Crippen LogP contribution is 2.32. The van der Waals surface area contributed by atoms with Crippen LogP contribution in [0.4, 0.5) is 5.82 Å². The molecule has 130 valence electrons. The molecule has 1 aromatic carbocycles. The molecule has 24 heavy (non-hydrogen) atoms. The Balaban J connectivity index is 2.25. The molecule has 0 bridgehead atoms. The summed E-state index contributed by atoms with van der Waals surface area (Å²) in [5.74, 6) is 0.273. The molecule has 1 heterocycles. The van der Waals surface area contributed by atoms with Crippen LogP contribution in [0.15, 0.2) is 47.5 Å². The number of nitrogens with one attached hydrogen (secondary N) is 2. The van der Waals surface area contributed by atoms with Gasteiger partial charge in [-0.3, -0.25) is 0 Å². The Morgan fingerprint density at radius 2 is 1.54 bits per heavy atom. The monoisotopic (exact) mass is 447 g/mol. The van der Waals surface area contributed by atoms with E-state index in [0.29, 0.717) is 10.0 Å². The zero-order valence-electron chi connectivity index (χ0n) is 11.7. The van der Waals surface area contributed by atoms with Gasteiger partial charge < -0.3 is 5.32 Å². The van der Waals surface area contributed by atoms with Crippen molar-refractivity contribution in [3.63, 3.8) is 0 Å². The van der Waals surface area contributed by atoms with E-state index in [0.717, 1.165) is 0 Å². The zero-order chi connectivity index (χ0) is 18.0. The van der Waals surface area contributed by atoms with Gasteiger partial charge in [0.2, 0.25) is 13.8 Å². The Kier molecular flexibility index (Phi) is 6.47. The molecule has 0 spiro atoms. The van der Waals surface area contributed by atoms with E-state index in [2.05, 4.69) is 15.0 Å². The maximum Gasteiger partial charge on any atom is 0.242 e. The van der Waals surface area contributed by atoms with Crippen molar-refractivity contribution in [3.8, 4) is 0 Å². The molecular weight excluding hydrogens is 439 g/mol. The summed E-state index contributed by atoms with van der Waals surface area (Å²) in [7, 11) is -3.97. The van der Waals surface area contributed by atoms with Crippen molar-refractivity contribution >= 4 is 73.8 Å². The van der Waals surface area contributed by atoms with Gasteiger partial charge in [-0.15, -0.1) is 0 Å². The molecule has 0 radical (unpaired) electrons. The number of alkyl halides is 3. The first-order valence-electron chi connectivity index (χ1n) is 6.31. The van der Waals surface area contributed by atoms with Crippen molar-refractivity contribution in [2.24, 2.45) is 0 Å². The van der Waals surface area contributed by atoms with Crippen molar-refractivity contribution in [2.75, 3.05) is 5.32 Å². The summed E-state index contributed by atoms with van der Waals surface area (Å²) >= 11 is 29.1. The minimum Gasteiger partial charge on any atom is -0.350 e. The highest BCUT2D eigenvalue weighted by molar-refractivity contribution is 7.89. The largest absolute Gasteiger partial charge is 0.350 e. The van der Waals surface area contributed by atoms with Crippen LogP contribution in [0.2, 0.25) is 10.0 Å². The van der Waals surface area contributed by atoms with Gasteiger partial charge in [-0.2, -0.15) is 4.72 Å². The normalized spacial score (nSPS) is 13.5. The van der Waals surface area contributed by atoms with E-state index in [1.54, 1.807) is 6.07 Å². The molecule has 1 atom stereocenters. The van der Waals surface area contributed by atoms with E-state index in [9.17, 15) is 8.42 Å². The molecule has 0 fully saturated rings. The molecule has 0 aliphatic heterocycles. The lowest BCUT2D eigenvalue weighted by molar-refractivity contribution is 0.565. The SMILES string of the molecule is O=S(=O)(NC(Nc1ccc(Cl)cn1)C(Cl)(Cl)Cl)c1ccc(Cl)cc1. The van der Waals surface area contributed by atoms with Crippen LogP contribution in [0, 0.1) is 0 Å². The number of hydrogen-bond acceptors (Lipinski definition) is 4. The predicted molar refractivity (Wildman–Crippen MR) is 98.7 cm³/mol. The van der Waals surface area contributed by atoms with Crippen LogP contribution in [0.5, 0.6) is 0 Å². The summed E-state index contributed by atoms with van der Waals surface area (Å²) in [6, 6.07) is 8.62. The molecular formula is C13H10Cl5N3O2S. The molecule has 2 N–H and O–H groups in total. The van der Waals surface area contributed by atoms with E-state index >= 15 is 0 Å². The topological polar surface area (TPSA) is 71.1 Å². The molecule has 5 nitrogen and oxygen atoms in total. The molecule has 1 unspecified atom stereocenters. The molecule has 0 aliphatic rings. The number of sulfonamides is 1. The third-order valence-electron chi connectivity index (χ3n) is 2.74. The maximum absolute atomic E-state index is 12.4. The van der Waals surface area contributed by atoms with Crippen LogP contribution in [0.25, 0.3) is 0 Å². The summed E-state index contributed by atoms with van der Waals surface area (Å²) < 4.78 is 25.2. The van der Waals surface area contributed by atoms with Crippen LogP contribution < -0.4 is 10.0 Å². The van der Waals surface area contributed by atoms with Gasteiger partial charge in [-0.25, -0.2) is 13.4 Å². The van der Waals surface area contributed by atoms with Gasteiger partial charge in [0, 0.05) is 11.2 Å². The molecule has 2 aromatic rings. The second-order valence-electron chi connectivity index (χ2n) is 4.56. The Bertz CT molecular complexity index is 792. The molecule has 0 saturated heterocycles. The Morgan fingerprint density at radius 3 is 2.04 bits per heavy atom. The van der Waals surface area contributed by atoms with Crippen LogP contribution >= 0.6 is 58.0 Å². The lowest BCUT2D eigenvalue weighted by Gasteiger charge is -2.26. The Hall–Kier alpha value is -0.470. The smallest absolute Gasteiger partial charge is 0.242 e. The first kappa shape index (κ1) is 19.8. The molecule has 0 amide bonds. The average molecular weight is 450 g/mol. The van der Waals surface area contributed by atoms with Gasteiger partial charge in [0.05, 0.1) is 9.92 Å². The predicted octanol–water partition coefficient (Wildman–Crippen LogP) is 4.48. The number of rotatable bonds is 5. The van der Waals surface area contributed by atoms with E-state index in [4.69, 9.17) is 58.0 Å². The number of hydrogen-bond donors (Lipinski definition) is 2. The van der Waals surface area contributed by atoms with E-state index < -0.39 is 20.0 Å². The number of anilines is 1. The minimum absolute atomic E-state index is 0.0305. The Morgan fingerprint density at radius 1 is 0.958 bits per heavy atom. The molecule has 1 aromatic heterocycles. The third-order valence-corrected chi connectivity index (χ3v) is 5.31. The number of halogens is 5. The highest BCUT2D eigenvalue weighted by atomic mass is 35.6. The fourth-order valence-corrected chi connectivity index (χ4v) is 3.56. The van der Waals surface area contributed by atoms with Crippen molar-refractivity contribution in [1.29, 1.82) is 0 Å². The van der Waals surface area contributed by atoms with E-state index in [-0.39, 0.29) is 10.7 Å². The van der Waals surface area contributed by atoms with Crippen molar-refractivity contribution in [3.05, 3.63) is 52.6 Å². The van der Waals surface area contributed by atoms with Gasteiger partial charge in [0.25, 0.3) is 0 Å². The van der Waals surface area contributed by atoms with Crippen molar-refractivity contribution in [1.82, 2.24) is 9.71 Å². The van der Waals surface area contributed by atoms with Gasteiger partial charge in [-0.1, -0.05) is 58.0 Å². The number of nitrogens with zero attached hydrogens (tertiary/aromatic N) is 1. The first-order valence-corrected chi connectivity index (χ1v) is 9.68. The van der Waals surface area contributed by atoms with Crippen molar-refractivity contribution in [2.45, 2.75) is 14.9 Å². The summed E-state index contributed by atoms with van der Waals surface area (Å²) in [4.78, 5) is 3.94. The van der Waals surface area contributed by atoms with Crippen LogP contribution in [-0.2, 0) is 10.0 Å². The standard InChI is InChI=1S/C13H10Cl5N3O2S/c14-8-1-4-10(5-2-8)24(22,23)21-12(13(16,17)18)20-11-6-3-9(15)7-19-11/h1-7,12,21H,(H,19,20). The average Bonchev–Trinajstić information content (AvgIpc) is 2.48. The lowest BCUT2D eigenvalue weighted by atomic mass is 10.4. The Labute approximate surface area is 164 Å². The zero-order valence-corrected chi connectivity index (χ0v) is 16.3. The molecule has 0 saturated carbocycles. The lowest BCUT2D eigenvalue weighted by Crippen LogP contribution is -2.49. The van der Waals surface area contributed by atoms with E-state index in [1.807, 2.05) is 0 Å². The summed E-state index contributed by atoms with van der Waals surface area (Å²) in [6.07, 6.45) is 0.0874. The van der Waals surface area contributed by atoms with Gasteiger partial charge >= 0.3 is 0 Å². The van der Waals surface area contributed by atoms with Crippen molar-refractivity contribution < 1.29 is 8.42 Å². The quantitative estimate of drug-likeness (QED) is 0.522. The summed E-state index contributed by atoms with van der Waals surface area (Å²) in [5, 5.41) is 3.51. The second kappa shape index (κ2) is 7.83. The summed E-state index contributed by atoms with van der Waals surface area (Å²) in [6.45, 7) is 0. The number of pyridine rings is 1. The summed E-state index contributed by atoms with van der Waals surface area (Å²) in [5.41, 5.74) is 0. The van der Waals surface area contributed by atoms with Crippen LogP contribution in [0.3, 0.4) is 0 Å². The fraction of sp³-hybridized carbons (Fsp3) is 0.154. The van der Waals surface area contributed by atoms with Crippen LogP contribution in [0.1, 0.15) is 0 Å². The third kappa shape index (κ3) is 5.52. The second-order valence-corrected chi connectivity index (χ2v) is 9.51. The minimum atomic E-state index is -3.97. The van der Waals surface area contributed by atoms with Crippen LogP contribution in [-0.4, -0.2) is 23.4 Å². The first-order chi connectivity index (χ1) is 11.1. The molecule has 11 heteroatoms. The fourth-order valence-electron chi connectivity index (χ4n) is 1.62. The van der Waals surface area contributed by atoms with Gasteiger partial charge in [0.1, 0.15) is 12.0 Å². The number of benzene rings is 1.